The predicted octanol–water partition coefficient (Wildman–Crippen LogP) is 17.8. The van der Waals surface area contributed by atoms with E-state index in [1.165, 1.54) is 111 Å². The van der Waals surface area contributed by atoms with Crippen molar-refractivity contribution < 1.29 is 0 Å². The lowest BCUT2D eigenvalue weighted by Crippen LogP contribution is -2.61. The summed E-state index contributed by atoms with van der Waals surface area (Å²) in [6.45, 7) is 20.8. The van der Waals surface area contributed by atoms with Crippen molar-refractivity contribution >= 4 is 79.0 Å². The van der Waals surface area contributed by atoms with Crippen LogP contribution in [0.3, 0.4) is 0 Å². The first-order chi connectivity index (χ1) is 36.6. The van der Waals surface area contributed by atoms with Crippen LogP contribution < -0.4 is 26.2 Å². The standard InChI is InChI=1S/C72H64BN3/c1-70(2,3)51-35-40-63-57(43-51)58-44-52(71(4,5)6)36-41-64(58)75(63)54-45-67-69-68(46-54)76(62-30-20-17-27-56(62)49-24-14-11-15-25-49)65-31-21-19-29-60(65)73(69)61-42-50(55-26-16-18-28-59(55)72(7,8)9)34-39-66(61)74(67)53-37-32-48(33-38-53)47-22-12-10-13-23-47/h10-46H,1-9H3. The van der Waals surface area contributed by atoms with E-state index in [0.717, 1.165) is 17.1 Å². The number of para-hydroxylation sites is 2. The molecule has 0 saturated heterocycles. The zero-order valence-corrected chi connectivity index (χ0v) is 45.3. The van der Waals surface area contributed by atoms with Crippen LogP contribution in [0.5, 0.6) is 0 Å². The molecule has 0 bridgehead atoms. The fourth-order valence-electron chi connectivity index (χ4n) is 12.4. The molecule has 4 heteroatoms. The fraction of sp³-hybridized carbons (Fsp3) is 0.167. The number of nitrogens with zero attached hydrogens (tertiary/aromatic N) is 3. The van der Waals surface area contributed by atoms with Gasteiger partial charge >= 0.3 is 0 Å². The topological polar surface area (TPSA) is 11.4 Å². The smallest absolute Gasteiger partial charge is 0.252 e. The number of fused-ring (bicyclic) bond motifs is 7. The third-order valence-corrected chi connectivity index (χ3v) is 16.2. The number of anilines is 6. The maximum absolute atomic E-state index is 2.58. The zero-order valence-electron chi connectivity index (χ0n) is 45.3. The molecule has 13 rings (SSSR count). The normalized spacial score (nSPS) is 13.2. The first kappa shape index (κ1) is 47.4. The molecule has 0 spiro atoms. The summed E-state index contributed by atoms with van der Waals surface area (Å²) in [5, 5.41) is 2.55. The fourth-order valence-corrected chi connectivity index (χ4v) is 12.4. The number of hydrogen-bond acceptors (Lipinski definition) is 2. The highest BCUT2D eigenvalue weighted by molar-refractivity contribution is 7.00. The van der Waals surface area contributed by atoms with Crippen molar-refractivity contribution in [2.75, 3.05) is 9.80 Å². The van der Waals surface area contributed by atoms with Crippen molar-refractivity contribution in [2.24, 2.45) is 0 Å². The van der Waals surface area contributed by atoms with Gasteiger partial charge in [0.25, 0.3) is 6.71 Å². The molecule has 76 heavy (non-hydrogen) atoms. The van der Waals surface area contributed by atoms with Crippen LogP contribution in [0.25, 0.3) is 60.9 Å². The molecule has 2 aliphatic heterocycles. The Labute approximate surface area is 449 Å². The molecule has 1 aromatic heterocycles. The van der Waals surface area contributed by atoms with Crippen LogP contribution in [0.15, 0.2) is 224 Å². The van der Waals surface area contributed by atoms with Gasteiger partial charge in [0.15, 0.2) is 0 Å². The molecule has 0 N–H and O–H groups in total. The Bertz CT molecular complexity index is 3980. The molecule has 0 radical (unpaired) electrons. The van der Waals surface area contributed by atoms with E-state index in [1.54, 1.807) is 0 Å². The summed E-state index contributed by atoms with van der Waals surface area (Å²) in [5.74, 6) is 0. The SMILES string of the molecule is CC(C)(C)c1ccc2c(c1)c1cc(C(C)(C)C)ccc1n2-c1cc2c3c(c1)N(c1ccccc1-c1ccccc1)c1ccccc1B3c1cc(-c3ccccc3C(C)(C)C)ccc1N2c1ccc(-c2ccccc2)cc1. The van der Waals surface area contributed by atoms with Gasteiger partial charge in [0.2, 0.25) is 0 Å². The van der Waals surface area contributed by atoms with Crippen LogP contribution in [0.1, 0.15) is 79.0 Å². The second-order valence-corrected chi connectivity index (χ2v) is 24.2. The van der Waals surface area contributed by atoms with Gasteiger partial charge < -0.3 is 14.4 Å². The quantitative estimate of drug-likeness (QED) is 0.154. The molecule has 370 valence electrons. The second-order valence-electron chi connectivity index (χ2n) is 24.2. The lowest BCUT2D eigenvalue weighted by Gasteiger charge is -2.45. The Morgan fingerprint density at radius 1 is 0.316 bits per heavy atom. The van der Waals surface area contributed by atoms with Crippen molar-refractivity contribution in [2.45, 2.75) is 78.6 Å². The molecular formula is C72H64BN3. The summed E-state index contributed by atoms with van der Waals surface area (Å²) in [6, 6.07) is 84.8. The minimum atomic E-state index is -0.0752. The molecule has 2 aliphatic rings. The minimum Gasteiger partial charge on any atom is -0.311 e. The van der Waals surface area contributed by atoms with Crippen molar-refractivity contribution in [3.05, 3.63) is 241 Å². The van der Waals surface area contributed by atoms with Gasteiger partial charge in [-0.2, -0.15) is 0 Å². The van der Waals surface area contributed by atoms with Crippen molar-refractivity contribution in [1.82, 2.24) is 4.57 Å². The van der Waals surface area contributed by atoms with Gasteiger partial charge in [-0.15, -0.1) is 0 Å². The number of benzene rings is 10. The Kier molecular flexibility index (Phi) is 11.0. The van der Waals surface area contributed by atoms with Gasteiger partial charge in [0, 0.05) is 44.8 Å². The highest BCUT2D eigenvalue weighted by Gasteiger charge is 2.44. The van der Waals surface area contributed by atoms with Crippen LogP contribution in [0, 0.1) is 0 Å². The summed E-state index contributed by atoms with van der Waals surface area (Å²) in [6.07, 6.45) is 0. The molecule has 0 saturated carbocycles. The molecule has 0 aliphatic carbocycles. The average molecular weight is 982 g/mol. The summed E-state index contributed by atoms with van der Waals surface area (Å²) >= 11 is 0. The predicted molar refractivity (Wildman–Crippen MR) is 327 cm³/mol. The molecule has 3 heterocycles. The van der Waals surface area contributed by atoms with E-state index in [9.17, 15) is 0 Å². The zero-order chi connectivity index (χ0) is 52.3. The second kappa shape index (κ2) is 17.6. The highest BCUT2D eigenvalue weighted by Crippen LogP contribution is 2.49. The minimum absolute atomic E-state index is 0.0199. The molecular weight excluding hydrogens is 918 g/mol. The first-order valence-corrected chi connectivity index (χ1v) is 27.1. The van der Waals surface area contributed by atoms with Crippen molar-refractivity contribution in [1.29, 1.82) is 0 Å². The monoisotopic (exact) mass is 982 g/mol. The van der Waals surface area contributed by atoms with Gasteiger partial charge in [-0.3, -0.25) is 0 Å². The summed E-state index contributed by atoms with van der Waals surface area (Å²) in [4.78, 5) is 5.15. The molecule has 11 aromatic rings. The van der Waals surface area contributed by atoms with E-state index in [4.69, 9.17) is 0 Å². The number of hydrogen-bond donors (Lipinski definition) is 0. The summed E-state index contributed by atoms with van der Waals surface area (Å²) in [5.41, 5.74) is 25.5. The average Bonchev–Trinajstić information content (AvgIpc) is 3.92. The first-order valence-electron chi connectivity index (χ1n) is 27.1. The van der Waals surface area contributed by atoms with Gasteiger partial charge in [-0.1, -0.05) is 220 Å². The third kappa shape index (κ3) is 7.80. The van der Waals surface area contributed by atoms with E-state index in [1.807, 2.05) is 0 Å². The summed E-state index contributed by atoms with van der Waals surface area (Å²) < 4.78 is 2.55. The third-order valence-electron chi connectivity index (χ3n) is 16.2. The van der Waals surface area contributed by atoms with E-state index in [0.29, 0.717) is 0 Å². The lowest BCUT2D eigenvalue weighted by atomic mass is 9.33. The van der Waals surface area contributed by atoms with Crippen LogP contribution in [-0.2, 0) is 16.2 Å². The van der Waals surface area contributed by atoms with Gasteiger partial charge in [-0.05, 0) is 144 Å². The van der Waals surface area contributed by atoms with E-state index >= 15 is 0 Å². The van der Waals surface area contributed by atoms with Crippen LogP contribution in [-0.4, -0.2) is 11.3 Å². The largest absolute Gasteiger partial charge is 0.311 e. The Hall–Kier alpha value is -8.34. The number of rotatable bonds is 6. The molecule has 0 amide bonds. The van der Waals surface area contributed by atoms with Gasteiger partial charge in [0.05, 0.1) is 22.4 Å². The lowest BCUT2D eigenvalue weighted by molar-refractivity contribution is 0.590. The van der Waals surface area contributed by atoms with E-state index in [-0.39, 0.29) is 23.0 Å². The van der Waals surface area contributed by atoms with Crippen LogP contribution in [0.2, 0.25) is 0 Å². The summed E-state index contributed by atoms with van der Waals surface area (Å²) in [7, 11) is 0. The highest BCUT2D eigenvalue weighted by atomic mass is 15.2. The number of aromatic nitrogens is 1. The van der Waals surface area contributed by atoms with Crippen LogP contribution >= 0.6 is 0 Å². The molecule has 0 atom stereocenters. The van der Waals surface area contributed by atoms with Gasteiger partial charge in [0.1, 0.15) is 0 Å². The van der Waals surface area contributed by atoms with Crippen molar-refractivity contribution in [3.63, 3.8) is 0 Å². The maximum atomic E-state index is 2.58. The molecule has 0 fully saturated rings. The molecule has 3 nitrogen and oxygen atoms in total. The van der Waals surface area contributed by atoms with Crippen LogP contribution in [0.4, 0.5) is 34.1 Å². The molecule has 10 aromatic carbocycles. The Balaban J connectivity index is 1.16. The van der Waals surface area contributed by atoms with E-state index in [2.05, 4.69) is 301 Å². The maximum Gasteiger partial charge on any atom is 0.252 e. The van der Waals surface area contributed by atoms with Crippen molar-refractivity contribution in [3.8, 4) is 39.1 Å². The van der Waals surface area contributed by atoms with Gasteiger partial charge in [-0.25, -0.2) is 0 Å². The molecule has 0 unspecified atom stereocenters. The Morgan fingerprint density at radius 2 is 0.816 bits per heavy atom. The van der Waals surface area contributed by atoms with E-state index < -0.39 is 0 Å². The Morgan fingerprint density at radius 3 is 1.43 bits per heavy atom.